The number of amides is 4. The Kier molecular flexibility index (Phi) is 15.8. The van der Waals surface area contributed by atoms with Gasteiger partial charge in [0.2, 0.25) is 23.6 Å². The van der Waals surface area contributed by atoms with Gasteiger partial charge in [0, 0.05) is 12.8 Å². The van der Waals surface area contributed by atoms with Crippen LogP contribution in [0.2, 0.25) is 0 Å². The average Bonchev–Trinajstić information content (AvgIpc) is 3.03. The van der Waals surface area contributed by atoms with Crippen LogP contribution in [-0.2, 0) is 41.6 Å². The summed E-state index contributed by atoms with van der Waals surface area (Å²) in [5.74, 6) is -5.77. The fraction of sp³-hybridized carbons (Fsp3) is 0.438. The number of phenolic OH excluding ortho intramolecular Hbond substituents is 2. The van der Waals surface area contributed by atoms with E-state index < -0.39 is 72.2 Å². The van der Waals surface area contributed by atoms with Gasteiger partial charge in [0.05, 0.1) is 6.04 Å². The van der Waals surface area contributed by atoms with Gasteiger partial charge < -0.3 is 53.2 Å². The number of carboxylic acid groups (broad SMARTS) is 2. The third-order valence-electron chi connectivity index (χ3n) is 7.33. The van der Waals surface area contributed by atoms with Gasteiger partial charge in [0.1, 0.15) is 35.7 Å². The lowest BCUT2D eigenvalue weighted by Gasteiger charge is -2.25. The summed E-state index contributed by atoms with van der Waals surface area (Å²) in [5.41, 5.74) is 12.6. The first kappa shape index (κ1) is 39.0. The number of aliphatic carboxylic acids is 2. The quantitative estimate of drug-likeness (QED) is 0.0778. The maximum atomic E-state index is 13.3. The summed E-state index contributed by atoms with van der Waals surface area (Å²) < 4.78 is 0. The number of hydrogen-bond acceptors (Lipinski definition) is 10. The number of hydrogen-bond donors (Lipinski definition) is 10. The Bertz CT molecular complexity index is 1400. The van der Waals surface area contributed by atoms with Crippen molar-refractivity contribution in [3.05, 3.63) is 59.7 Å². The summed E-state index contributed by atoms with van der Waals surface area (Å²) in [6.07, 6.45) is 0.238. The molecule has 0 aromatic heterocycles. The Labute approximate surface area is 277 Å². The molecule has 0 spiro atoms. The first-order chi connectivity index (χ1) is 22.7. The Morgan fingerprint density at radius 3 is 1.67 bits per heavy atom. The largest absolute Gasteiger partial charge is 0.508 e. The third-order valence-corrected chi connectivity index (χ3v) is 7.33. The standard InChI is InChI=1S/C32H44N6O10/c1-18(35-30(45)24(13-14-27(41)42)36-29(44)23(34)16-19-5-9-21(39)10-6-19)28(43)38-26(17-20-7-11-22(40)12-8-20)31(46)37-25(32(47)48)4-2-3-15-33/h5-12,18,23-26,39-40H,2-4,13-17,33-34H2,1H3,(H,35,45)(H,36,44)(H,37,46)(H,38,43)(H,41,42)(H,47,48)/t18-,23-,24-,25-,26-/m0/s1. The van der Waals surface area contributed by atoms with Gasteiger partial charge in [-0.25, -0.2) is 4.79 Å². The van der Waals surface area contributed by atoms with Crippen molar-refractivity contribution in [2.45, 2.75) is 82.1 Å². The predicted octanol–water partition coefficient (Wildman–Crippen LogP) is -0.752. The molecule has 0 aliphatic rings. The van der Waals surface area contributed by atoms with E-state index >= 15 is 0 Å². The normalized spacial score (nSPS) is 14.0. The molecular formula is C32H44N6O10. The Morgan fingerprint density at radius 2 is 1.15 bits per heavy atom. The molecular weight excluding hydrogens is 628 g/mol. The summed E-state index contributed by atoms with van der Waals surface area (Å²) in [5, 5.41) is 47.6. The van der Waals surface area contributed by atoms with Crippen LogP contribution in [0.1, 0.15) is 50.2 Å². The van der Waals surface area contributed by atoms with Crippen LogP contribution in [0, 0.1) is 0 Å². The van der Waals surface area contributed by atoms with Gasteiger partial charge in [0.15, 0.2) is 0 Å². The molecule has 12 N–H and O–H groups in total. The summed E-state index contributed by atoms with van der Waals surface area (Å²) in [7, 11) is 0. The molecule has 16 nitrogen and oxygen atoms in total. The summed E-state index contributed by atoms with van der Waals surface area (Å²) in [4.78, 5) is 75.5. The van der Waals surface area contributed by atoms with Crippen molar-refractivity contribution in [3.63, 3.8) is 0 Å². The van der Waals surface area contributed by atoms with E-state index in [0.717, 1.165) is 0 Å². The van der Waals surface area contributed by atoms with Gasteiger partial charge in [-0.15, -0.1) is 0 Å². The highest BCUT2D eigenvalue weighted by atomic mass is 16.4. The van der Waals surface area contributed by atoms with Gasteiger partial charge in [-0.1, -0.05) is 24.3 Å². The highest BCUT2D eigenvalue weighted by molar-refractivity contribution is 5.95. The fourth-order valence-corrected chi connectivity index (χ4v) is 4.57. The highest BCUT2D eigenvalue weighted by Gasteiger charge is 2.30. The zero-order valence-electron chi connectivity index (χ0n) is 26.6. The maximum absolute atomic E-state index is 13.3. The molecule has 5 atom stereocenters. The predicted molar refractivity (Wildman–Crippen MR) is 172 cm³/mol. The topological polar surface area (TPSA) is 284 Å². The molecule has 16 heteroatoms. The summed E-state index contributed by atoms with van der Waals surface area (Å²) in [6, 6.07) is 5.43. The first-order valence-corrected chi connectivity index (χ1v) is 15.4. The van der Waals surface area contributed by atoms with Crippen LogP contribution in [0.15, 0.2) is 48.5 Å². The van der Waals surface area contributed by atoms with E-state index in [0.29, 0.717) is 30.5 Å². The van der Waals surface area contributed by atoms with Crippen LogP contribution in [0.3, 0.4) is 0 Å². The minimum atomic E-state index is -1.38. The number of rotatable bonds is 20. The molecule has 48 heavy (non-hydrogen) atoms. The number of carbonyl (C=O) groups excluding carboxylic acids is 4. The molecule has 0 heterocycles. The number of benzene rings is 2. The maximum Gasteiger partial charge on any atom is 0.326 e. The SMILES string of the molecule is C[C@H](NC(=O)[C@H](CCC(=O)O)NC(=O)[C@@H](N)Cc1ccc(O)cc1)C(=O)N[C@@H](Cc1ccc(O)cc1)C(=O)N[C@@H](CCCCN)C(=O)O. The van der Waals surface area contributed by atoms with Gasteiger partial charge in [-0.2, -0.15) is 0 Å². The van der Waals surface area contributed by atoms with E-state index in [9.17, 15) is 49.2 Å². The average molecular weight is 673 g/mol. The third kappa shape index (κ3) is 13.6. The lowest BCUT2D eigenvalue weighted by Crippen LogP contribution is -2.58. The molecule has 2 aromatic rings. The summed E-state index contributed by atoms with van der Waals surface area (Å²) in [6.45, 7) is 1.65. The summed E-state index contributed by atoms with van der Waals surface area (Å²) >= 11 is 0. The number of nitrogens with two attached hydrogens (primary N) is 2. The molecule has 4 amide bonds. The second-order valence-electron chi connectivity index (χ2n) is 11.3. The molecule has 0 saturated heterocycles. The monoisotopic (exact) mass is 672 g/mol. The number of carbonyl (C=O) groups is 6. The van der Waals surface area contributed by atoms with Crippen molar-refractivity contribution in [2.75, 3.05) is 6.54 Å². The van der Waals surface area contributed by atoms with Crippen LogP contribution in [0.5, 0.6) is 11.5 Å². The Morgan fingerprint density at radius 1 is 0.646 bits per heavy atom. The van der Waals surface area contributed by atoms with Crippen molar-refractivity contribution in [1.29, 1.82) is 0 Å². The number of phenols is 2. The molecule has 0 saturated carbocycles. The van der Waals surface area contributed by atoms with Gasteiger partial charge in [-0.05, 0) is 81.0 Å². The van der Waals surface area contributed by atoms with Crippen molar-refractivity contribution in [3.8, 4) is 11.5 Å². The van der Waals surface area contributed by atoms with E-state index in [-0.39, 0.29) is 37.2 Å². The van der Waals surface area contributed by atoms with E-state index in [1.165, 1.54) is 43.3 Å². The number of aromatic hydroxyl groups is 2. The first-order valence-electron chi connectivity index (χ1n) is 15.4. The molecule has 2 rings (SSSR count). The minimum absolute atomic E-state index is 0.0235. The van der Waals surface area contributed by atoms with Crippen LogP contribution >= 0.6 is 0 Å². The van der Waals surface area contributed by atoms with Crippen LogP contribution in [0.4, 0.5) is 0 Å². The smallest absolute Gasteiger partial charge is 0.326 e. The molecule has 0 aliphatic carbocycles. The van der Waals surface area contributed by atoms with Crippen molar-refractivity contribution in [2.24, 2.45) is 11.5 Å². The number of unbranched alkanes of at least 4 members (excludes halogenated alkanes) is 1. The number of carboxylic acids is 2. The van der Waals surface area contributed by atoms with Gasteiger partial charge in [0.25, 0.3) is 0 Å². The lowest BCUT2D eigenvalue weighted by atomic mass is 10.0. The van der Waals surface area contributed by atoms with Crippen LogP contribution < -0.4 is 32.7 Å². The molecule has 262 valence electrons. The zero-order chi connectivity index (χ0) is 35.8. The Balaban J connectivity index is 2.15. The van der Waals surface area contributed by atoms with E-state index in [4.69, 9.17) is 11.5 Å². The van der Waals surface area contributed by atoms with Crippen molar-refractivity contribution < 1.29 is 49.2 Å². The highest BCUT2D eigenvalue weighted by Crippen LogP contribution is 2.13. The van der Waals surface area contributed by atoms with Gasteiger partial charge >= 0.3 is 11.9 Å². The van der Waals surface area contributed by atoms with Crippen LogP contribution in [-0.4, -0.2) is 92.7 Å². The van der Waals surface area contributed by atoms with Gasteiger partial charge in [-0.3, -0.25) is 24.0 Å². The van der Waals surface area contributed by atoms with Crippen molar-refractivity contribution in [1.82, 2.24) is 21.3 Å². The minimum Gasteiger partial charge on any atom is -0.508 e. The second-order valence-corrected chi connectivity index (χ2v) is 11.3. The lowest BCUT2D eigenvalue weighted by molar-refractivity contribution is -0.142. The molecule has 2 aromatic carbocycles. The second kappa shape index (κ2) is 19.4. The molecule has 0 fully saturated rings. The van der Waals surface area contributed by atoms with Crippen LogP contribution in [0.25, 0.3) is 0 Å². The molecule has 0 bridgehead atoms. The van der Waals surface area contributed by atoms with E-state index in [1.807, 2.05) is 0 Å². The van der Waals surface area contributed by atoms with E-state index in [2.05, 4.69) is 21.3 Å². The van der Waals surface area contributed by atoms with Crippen molar-refractivity contribution >= 4 is 35.6 Å². The number of nitrogens with one attached hydrogen (secondary N) is 4. The molecule has 0 radical (unpaired) electrons. The zero-order valence-corrected chi connectivity index (χ0v) is 26.6. The Hall–Kier alpha value is -5.22. The van der Waals surface area contributed by atoms with E-state index in [1.54, 1.807) is 12.1 Å². The molecule has 0 aliphatic heterocycles. The molecule has 0 unspecified atom stereocenters. The fourth-order valence-electron chi connectivity index (χ4n) is 4.57.